The third-order valence-corrected chi connectivity index (χ3v) is 2.29. The molecule has 82 valence electrons. The molecule has 0 amide bonds. The summed E-state index contributed by atoms with van der Waals surface area (Å²) in [5.41, 5.74) is 7.77. The zero-order valence-electron chi connectivity index (χ0n) is 9.53. The Labute approximate surface area is 91.6 Å². The third kappa shape index (κ3) is 3.06. The Morgan fingerprint density at radius 1 is 1.53 bits per heavy atom. The molecule has 0 radical (unpaired) electrons. The summed E-state index contributed by atoms with van der Waals surface area (Å²) in [7, 11) is 0. The second-order valence-electron chi connectivity index (χ2n) is 3.51. The second kappa shape index (κ2) is 5.51. The van der Waals surface area contributed by atoms with Gasteiger partial charge in [0.25, 0.3) is 0 Å². The molecule has 0 fully saturated rings. The minimum absolute atomic E-state index is 0.558. The molecule has 0 spiro atoms. The Balaban J connectivity index is 3.00. The van der Waals surface area contributed by atoms with Gasteiger partial charge in [0, 0.05) is 25.3 Å². The van der Waals surface area contributed by atoms with Crippen molar-refractivity contribution in [3.63, 3.8) is 0 Å². The molecular formula is C12H19N3. The van der Waals surface area contributed by atoms with Gasteiger partial charge in [0.2, 0.25) is 0 Å². The molecule has 3 nitrogen and oxygen atoms in total. The van der Waals surface area contributed by atoms with Crippen LogP contribution < -0.4 is 10.6 Å². The molecule has 3 heteroatoms. The van der Waals surface area contributed by atoms with Crippen molar-refractivity contribution in [2.24, 2.45) is 5.73 Å². The van der Waals surface area contributed by atoms with E-state index in [1.54, 1.807) is 0 Å². The first kappa shape index (κ1) is 11.7. The lowest BCUT2D eigenvalue weighted by atomic mass is 10.2. The normalized spacial score (nSPS) is 10.1. The van der Waals surface area contributed by atoms with Gasteiger partial charge in [0.15, 0.2) is 0 Å². The number of aromatic nitrogens is 1. The highest BCUT2D eigenvalue weighted by Crippen LogP contribution is 2.14. The molecule has 0 aliphatic carbocycles. The average molecular weight is 205 g/mol. The molecule has 0 saturated heterocycles. The van der Waals surface area contributed by atoms with Crippen LogP contribution >= 0.6 is 0 Å². The van der Waals surface area contributed by atoms with Crippen LogP contribution in [-0.2, 0) is 6.54 Å². The highest BCUT2D eigenvalue weighted by atomic mass is 15.2. The second-order valence-corrected chi connectivity index (χ2v) is 3.51. The average Bonchev–Trinajstić information content (AvgIpc) is 2.24. The smallest absolute Gasteiger partial charge is 0.129 e. The Bertz CT molecular complexity index is 334. The third-order valence-electron chi connectivity index (χ3n) is 2.29. The van der Waals surface area contributed by atoms with E-state index in [2.05, 4.69) is 23.4 Å². The number of hydrogen-bond donors (Lipinski definition) is 1. The van der Waals surface area contributed by atoms with Gasteiger partial charge in [0.05, 0.1) is 0 Å². The van der Waals surface area contributed by atoms with Crippen LogP contribution in [0.4, 0.5) is 5.82 Å². The molecule has 0 aliphatic heterocycles. The summed E-state index contributed by atoms with van der Waals surface area (Å²) in [6.45, 7) is 10.1. The fraction of sp³-hybridized carbons (Fsp3) is 0.417. The molecule has 1 aromatic rings. The molecule has 0 bridgehead atoms. The SMILES string of the molecule is C=CCN(CC)c1cc(CN)cc(C)n1. The quantitative estimate of drug-likeness (QED) is 0.746. The number of nitrogens with zero attached hydrogens (tertiary/aromatic N) is 2. The zero-order valence-corrected chi connectivity index (χ0v) is 9.53. The lowest BCUT2D eigenvalue weighted by Gasteiger charge is -2.21. The van der Waals surface area contributed by atoms with E-state index >= 15 is 0 Å². The first-order valence-corrected chi connectivity index (χ1v) is 5.24. The van der Waals surface area contributed by atoms with Crippen molar-refractivity contribution < 1.29 is 0 Å². The minimum atomic E-state index is 0.558. The van der Waals surface area contributed by atoms with Crippen molar-refractivity contribution >= 4 is 5.82 Å². The fourth-order valence-electron chi connectivity index (χ4n) is 1.54. The molecule has 0 unspecified atom stereocenters. The van der Waals surface area contributed by atoms with Gasteiger partial charge in [-0.25, -0.2) is 4.98 Å². The molecule has 1 aromatic heterocycles. The van der Waals surface area contributed by atoms with E-state index in [1.807, 2.05) is 25.1 Å². The van der Waals surface area contributed by atoms with E-state index in [4.69, 9.17) is 5.73 Å². The van der Waals surface area contributed by atoms with Gasteiger partial charge < -0.3 is 10.6 Å². The van der Waals surface area contributed by atoms with Gasteiger partial charge in [-0.1, -0.05) is 6.08 Å². The maximum Gasteiger partial charge on any atom is 0.129 e. The number of anilines is 1. The number of likely N-dealkylation sites (N-methyl/N-ethyl adjacent to an activating group) is 1. The van der Waals surface area contributed by atoms with E-state index in [-0.39, 0.29) is 0 Å². The van der Waals surface area contributed by atoms with E-state index in [0.717, 1.165) is 30.2 Å². The molecule has 0 saturated carbocycles. The zero-order chi connectivity index (χ0) is 11.3. The van der Waals surface area contributed by atoms with E-state index in [9.17, 15) is 0 Å². The van der Waals surface area contributed by atoms with Crippen molar-refractivity contribution in [1.82, 2.24) is 4.98 Å². The lowest BCUT2D eigenvalue weighted by molar-refractivity contribution is 0.872. The van der Waals surface area contributed by atoms with E-state index < -0.39 is 0 Å². The van der Waals surface area contributed by atoms with Crippen molar-refractivity contribution in [3.8, 4) is 0 Å². The summed E-state index contributed by atoms with van der Waals surface area (Å²) in [4.78, 5) is 6.66. The van der Waals surface area contributed by atoms with Crippen molar-refractivity contribution in [2.75, 3.05) is 18.0 Å². The minimum Gasteiger partial charge on any atom is -0.353 e. The Hall–Kier alpha value is -1.35. The van der Waals surface area contributed by atoms with Crippen LogP contribution in [0.15, 0.2) is 24.8 Å². The summed E-state index contributed by atoms with van der Waals surface area (Å²) in [5, 5.41) is 0. The van der Waals surface area contributed by atoms with Gasteiger partial charge in [-0.15, -0.1) is 6.58 Å². The predicted molar refractivity (Wildman–Crippen MR) is 64.9 cm³/mol. The van der Waals surface area contributed by atoms with Crippen LogP contribution in [0.3, 0.4) is 0 Å². The maximum absolute atomic E-state index is 5.64. The fourth-order valence-corrected chi connectivity index (χ4v) is 1.54. The summed E-state index contributed by atoms with van der Waals surface area (Å²) in [5.74, 6) is 0.984. The molecular weight excluding hydrogens is 186 g/mol. The standard InChI is InChI=1S/C12H19N3/c1-4-6-15(5-2)12-8-11(9-13)7-10(3)14-12/h4,7-8H,1,5-6,9,13H2,2-3H3. The molecule has 1 rings (SSSR count). The summed E-state index contributed by atoms with van der Waals surface area (Å²) < 4.78 is 0. The Morgan fingerprint density at radius 2 is 2.27 bits per heavy atom. The van der Waals surface area contributed by atoms with Crippen LogP contribution in [0.25, 0.3) is 0 Å². The number of hydrogen-bond acceptors (Lipinski definition) is 3. The molecule has 0 aromatic carbocycles. The van der Waals surface area contributed by atoms with Crippen molar-refractivity contribution in [3.05, 3.63) is 36.0 Å². The van der Waals surface area contributed by atoms with Crippen LogP contribution in [-0.4, -0.2) is 18.1 Å². The molecule has 0 atom stereocenters. The van der Waals surface area contributed by atoms with Gasteiger partial charge in [-0.05, 0) is 31.5 Å². The highest BCUT2D eigenvalue weighted by Gasteiger charge is 2.05. The Kier molecular flexibility index (Phi) is 4.31. The van der Waals surface area contributed by atoms with Crippen LogP contribution in [0, 0.1) is 6.92 Å². The van der Waals surface area contributed by atoms with Gasteiger partial charge in [0.1, 0.15) is 5.82 Å². The van der Waals surface area contributed by atoms with Gasteiger partial charge >= 0.3 is 0 Å². The van der Waals surface area contributed by atoms with E-state index in [0.29, 0.717) is 6.54 Å². The van der Waals surface area contributed by atoms with Crippen molar-refractivity contribution in [1.29, 1.82) is 0 Å². The number of pyridine rings is 1. The first-order chi connectivity index (χ1) is 7.21. The monoisotopic (exact) mass is 205 g/mol. The lowest BCUT2D eigenvalue weighted by Crippen LogP contribution is -2.24. The first-order valence-electron chi connectivity index (χ1n) is 5.24. The molecule has 1 heterocycles. The van der Waals surface area contributed by atoms with Crippen LogP contribution in [0.2, 0.25) is 0 Å². The number of rotatable bonds is 5. The van der Waals surface area contributed by atoms with Crippen LogP contribution in [0.5, 0.6) is 0 Å². The number of nitrogens with two attached hydrogens (primary N) is 1. The maximum atomic E-state index is 5.64. The van der Waals surface area contributed by atoms with Crippen LogP contribution in [0.1, 0.15) is 18.2 Å². The number of aryl methyl sites for hydroxylation is 1. The van der Waals surface area contributed by atoms with E-state index in [1.165, 1.54) is 0 Å². The molecule has 0 aliphatic rings. The van der Waals surface area contributed by atoms with Gasteiger partial charge in [-0.2, -0.15) is 0 Å². The summed E-state index contributed by atoms with van der Waals surface area (Å²) in [6, 6.07) is 4.06. The highest BCUT2D eigenvalue weighted by molar-refractivity contribution is 5.43. The van der Waals surface area contributed by atoms with Gasteiger partial charge in [-0.3, -0.25) is 0 Å². The predicted octanol–water partition coefficient (Wildman–Crippen LogP) is 1.86. The summed E-state index contributed by atoms with van der Waals surface area (Å²) >= 11 is 0. The molecule has 2 N–H and O–H groups in total. The topological polar surface area (TPSA) is 42.1 Å². The largest absolute Gasteiger partial charge is 0.353 e. The Morgan fingerprint density at radius 3 is 2.80 bits per heavy atom. The van der Waals surface area contributed by atoms with Crippen molar-refractivity contribution in [2.45, 2.75) is 20.4 Å². The summed E-state index contributed by atoms with van der Waals surface area (Å²) in [6.07, 6.45) is 1.88. The molecule has 15 heavy (non-hydrogen) atoms.